The van der Waals surface area contributed by atoms with Crippen molar-refractivity contribution < 1.29 is 72.1 Å². The van der Waals surface area contributed by atoms with Gasteiger partial charge in [-0.2, -0.15) is 0 Å². The molecule has 19 heteroatoms. The summed E-state index contributed by atoms with van der Waals surface area (Å²) in [6, 6.07) is 6.20. The smallest absolute Gasteiger partial charge is 0.303 e. The Balaban J connectivity index is 1.52. The molecule has 0 bridgehead atoms. The monoisotopic (exact) mass is 727 g/mol. The van der Waals surface area contributed by atoms with Crippen LogP contribution in [0.4, 0.5) is 0 Å². The lowest BCUT2D eigenvalue weighted by molar-refractivity contribution is -0.270. The number of carbonyl (C=O) groups is 4. The van der Waals surface area contributed by atoms with E-state index in [-0.39, 0.29) is 45.2 Å². The summed E-state index contributed by atoms with van der Waals surface area (Å²) in [5.41, 5.74) is -0.798. The number of nitrogens with zero attached hydrogens (tertiary/aromatic N) is 3. The molecule has 2 aromatic heterocycles. The van der Waals surface area contributed by atoms with Gasteiger partial charge in [-0.3, -0.25) is 24.0 Å². The maximum absolute atomic E-state index is 13.7. The quantitative estimate of drug-likeness (QED) is 0.147. The fourth-order valence-electron chi connectivity index (χ4n) is 5.49. The predicted octanol–water partition coefficient (Wildman–Crippen LogP) is 2.01. The lowest BCUT2D eigenvalue weighted by Crippen LogP contribution is -2.60. The van der Waals surface area contributed by atoms with E-state index in [4.69, 9.17) is 37.6 Å². The Morgan fingerprint density at radius 1 is 0.865 bits per heavy atom. The molecule has 0 saturated carbocycles. The minimum absolute atomic E-state index is 0.0609. The zero-order valence-electron chi connectivity index (χ0n) is 28.3. The first-order chi connectivity index (χ1) is 24.7. The number of aromatic hydroxyl groups is 3. The molecule has 0 spiro atoms. The maximum Gasteiger partial charge on any atom is 0.303 e. The third-order valence-corrected chi connectivity index (χ3v) is 7.51. The molecule has 0 aliphatic carbocycles. The number of ether oxygens (including phenoxy) is 7. The van der Waals surface area contributed by atoms with Crippen LogP contribution in [0.3, 0.4) is 0 Å². The molecule has 1 fully saturated rings. The highest BCUT2D eigenvalue weighted by atomic mass is 16.7. The van der Waals surface area contributed by atoms with E-state index < -0.39 is 84.7 Å². The molecule has 2 aromatic carbocycles. The van der Waals surface area contributed by atoms with Crippen LogP contribution < -0.4 is 14.9 Å². The summed E-state index contributed by atoms with van der Waals surface area (Å²) in [6.07, 6.45) is -5.71. The van der Waals surface area contributed by atoms with E-state index in [1.807, 2.05) is 0 Å². The van der Waals surface area contributed by atoms with Gasteiger partial charge in [0.2, 0.25) is 11.2 Å². The highest BCUT2D eigenvalue weighted by Crippen LogP contribution is 2.39. The van der Waals surface area contributed by atoms with E-state index >= 15 is 0 Å². The van der Waals surface area contributed by atoms with Crippen molar-refractivity contribution in [2.75, 3.05) is 13.7 Å². The predicted molar refractivity (Wildman–Crippen MR) is 171 cm³/mol. The number of aromatic nitrogens is 3. The molecule has 5 rings (SSSR count). The van der Waals surface area contributed by atoms with Crippen molar-refractivity contribution in [1.29, 1.82) is 0 Å². The molecule has 52 heavy (non-hydrogen) atoms. The van der Waals surface area contributed by atoms with Gasteiger partial charge in [-0.05, 0) is 18.2 Å². The van der Waals surface area contributed by atoms with Gasteiger partial charge in [0.05, 0.1) is 13.3 Å². The first kappa shape index (κ1) is 36.9. The number of methoxy groups -OCH3 is 1. The van der Waals surface area contributed by atoms with Gasteiger partial charge in [-0.15, -0.1) is 5.10 Å². The number of rotatable bonds is 11. The van der Waals surface area contributed by atoms with Crippen LogP contribution in [-0.2, 0) is 49.5 Å². The highest BCUT2D eigenvalue weighted by Gasteiger charge is 2.53. The Labute approximate surface area is 293 Å². The van der Waals surface area contributed by atoms with Crippen LogP contribution in [0.2, 0.25) is 0 Å². The Kier molecular flexibility index (Phi) is 10.8. The SMILES string of the molecule is COc1ccc(-c2oc3cc(O)cc(O)c3c(=O)c2OCc2cn([C@@H]3O[C@H](COC(C)=O)[C@@H](OC(C)=O)[C@H](OC(C)=O)[C@H]3OC(C)=O)nn2)cc1O. The van der Waals surface area contributed by atoms with Gasteiger partial charge in [-0.1, -0.05) is 5.21 Å². The molecule has 1 aliphatic rings. The fourth-order valence-corrected chi connectivity index (χ4v) is 5.49. The molecule has 1 saturated heterocycles. The molecular formula is C33H33N3O16. The first-order valence-electron chi connectivity index (χ1n) is 15.4. The topological polar surface area (TPSA) is 254 Å². The van der Waals surface area contributed by atoms with Crippen LogP contribution in [0.25, 0.3) is 22.3 Å². The number of hydrogen-bond acceptors (Lipinski definition) is 18. The molecular weight excluding hydrogens is 694 g/mol. The zero-order chi connectivity index (χ0) is 37.9. The second-order valence-electron chi connectivity index (χ2n) is 11.4. The summed E-state index contributed by atoms with van der Waals surface area (Å²) in [5.74, 6) is -4.88. The van der Waals surface area contributed by atoms with Gasteiger partial charge in [0.1, 0.15) is 47.5 Å². The molecule has 3 N–H and O–H groups in total. The number of fused-ring (bicyclic) bond motifs is 1. The average Bonchev–Trinajstić information content (AvgIpc) is 3.53. The second kappa shape index (κ2) is 15.3. The summed E-state index contributed by atoms with van der Waals surface area (Å²) in [7, 11) is 1.35. The lowest BCUT2D eigenvalue weighted by Gasteiger charge is -2.44. The molecule has 276 valence electrons. The van der Waals surface area contributed by atoms with Crippen LogP contribution in [0.1, 0.15) is 39.6 Å². The summed E-state index contributed by atoms with van der Waals surface area (Å²) in [5, 5.41) is 38.7. The van der Waals surface area contributed by atoms with Gasteiger partial charge in [0, 0.05) is 45.4 Å². The average molecular weight is 728 g/mol. The second-order valence-corrected chi connectivity index (χ2v) is 11.4. The first-order valence-corrected chi connectivity index (χ1v) is 15.4. The van der Waals surface area contributed by atoms with E-state index in [9.17, 15) is 39.3 Å². The van der Waals surface area contributed by atoms with E-state index in [0.717, 1.165) is 44.5 Å². The normalized spacial score (nSPS) is 19.8. The number of hydrogen-bond donors (Lipinski definition) is 3. The van der Waals surface area contributed by atoms with Crippen molar-refractivity contribution in [2.24, 2.45) is 0 Å². The van der Waals surface area contributed by atoms with Gasteiger partial charge in [-0.25, -0.2) is 4.68 Å². The molecule has 3 heterocycles. The van der Waals surface area contributed by atoms with E-state index in [2.05, 4.69) is 10.3 Å². The molecule has 0 unspecified atom stereocenters. The Bertz CT molecular complexity index is 2070. The van der Waals surface area contributed by atoms with Gasteiger partial charge in [0.15, 0.2) is 41.8 Å². The van der Waals surface area contributed by atoms with Crippen LogP contribution in [0.15, 0.2) is 45.7 Å². The Hall–Kier alpha value is -6.37. The van der Waals surface area contributed by atoms with E-state index in [0.29, 0.717) is 0 Å². The third kappa shape index (κ3) is 7.99. The van der Waals surface area contributed by atoms with Crippen LogP contribution >= 0.6 is 0 Å². The van der Waals surface area contributed by atoms with Crippen molar-refractivity contribution in [3.05, 3.63) is 52.4 Å². The molecule has 1 aliphatic heterocycles. The lowest BCUT2D eigenvalue weighted by atomic mass is 9.97. The van der Waals surface area contributed by atoms with E-state index in [1.54, 1.807) is 0 Å². The highest BCUT2D eigenvalue weighted by molar-refractivity contribution is 5.88. The molecule has 19 nitrogen and oxygen atoms in total. The number of esters is 4. The third-order valence-electron chi connectivity index (χ3n) is 7.51. The molecule has 5 atom stereocenters. The minimum atomic E-state index is -1.48. The minimum Gasteiger partial charge on any atom is -0.508 e. The van der Waals surface area contributed by atoms with Crippen molar-refractivity contribution in [3.63, 3.8) is 0 Å². The van der Waals surface area contributed by atoms with E-state index in [1.165, 1.54) is 31.5 Å². The largest absolute Gasteiger partial charge is 0.508 e. The van der Waals surface area contributed by atoms with Crippen molar-refractivity contribution in [3.8, 4) is 40.1 Å². The maximum atomic E-state index is 13.7. The Morgan fingerprint density at radius 3 is 2.17 bits per heavy atom. The summed E-state index contributed by atoms with van der Waals surface area (Å²) < 4.78 is 45.5. The van der Waals surface area contributed by atoms with Crippen molar-refractivity contribution >= 4 is 34.8 Å². The Morgan fingerprint density at radius 2 is 1.54 bits per heavy atom. The molecule has 4 aromatic rings. The van der Waals surface area contributed by atoms with Crippen LogP contribution in [0, 0.1) is 0 Å². The van der Waals surface area contributed by atoms with Crippen LogP contribution in [0.5, 0.6) is 28.7 Å². The summed E-state index contributed by atoms with van der Waals surface area (Å²) >= 11 is 0. The number of carbonyl (C=O) groups excluding carboxylic acids is 4. The van der Waals surface area contributed by atoms with Crippen LogP contribution in [-0.4, -0.2) is 92.3 Å². The van der Waals surface area contributed by atoms with Gasteiger partial charge in [0.25, 0.3) is 0 Å². The van der Waals surface area contributed by atoms with Gasteiger partial charge >= 0.3 is 23.9 Å². The fraction of sp³-hybridized carbons (Fsp3) is 0.364. The van der Waals surface area contributed by atoms with Crippen molar-refractivity contribution in [2.45, 2.75) is 64.9 Å². The number of phenolic OH excluding ortho intramolecular Hbond substituents is 3. The standard InChI is InChI=1S/C33H33N3O16/c1-14(37)46-13-25-29(48-15(2)38)31(49-16(3)39)32(50-17(4)40)33(52-25)36-11-19(34-35-36)12-47-30-27(44)26-22(43)9-20(41)10-24(26)51-28(30)18-6-7-23(45-5)21(42)8-18/h6-11,25,29,31-33,41-43H,12-13H2,1-5H3/t25-,29-,31+,32-,33-/m1/s1. The van der Waals surface area contributed by atoms with Gasteiger partial charge < -0.3 is 52.9 Å². The molecule has 0 radical (unpaired) electrons. The number of phenols is 3. The number of benzene rings is 2. The summed E-state index contributed by atoms with van der Waals surface area (Å²) in [6.45, 7) is 3.47. The zero-order valence-corrected chi connectivity index (χ0v) is 28.3. The summed E-state index contributed by atoms with van der Waals surface area (Å²) in [4.78, 5) is 61.8. The molecule has 0 amide bonds. The van der Waals surface area contributed by atoms with Crippen molar-refractivity contribution in [1.82, 2.24) is 15.0 Å².